The van der Waals surface area contributed by atoms with Crippen LogP contribution in [0.5, 0.6) is 0 Å². The number of carbonyl (C=O) groups excluding carboxylic acids is 2. The Morgan fingerprint density at radius 1 is 1.16 bits per heavy atom. The summed E-state index contributed by atoms with van der Waals surface area (Å²) in [4.78, 5) is 33.0. The van der Waals surface area contributed by atoms with Crippen LogP contribution in [0.4, 0.5) is 4.79 Å². The van der Waals surface area contributed by atoms with Gasteiger partial charge in [0.1, 0.15) is 0 Å². The lowest BCUT2D eigenvalue weighted by molar-refractivity contribution is -0.153. The molecule has 0 radical (unpaired) electrons. The summed E-state index contributed by atoms with van der Waals surface area (Å²) >= 11 is 0. The van der Waals surface area contributed by atoms with Crippen LogP contribution in [0.3, 0.4) is 0 Å². The minimum Gasteiger partial charge on any atom is -0.481 e. The van der Waals surface area contributed by atoms with Gasteiger partial charge in [-0.1, -0.05) is 6.42 Å². The number of carbonyl (C=O) groups is 3. The molecule has 0 aromatic carbocycles. The summed E-state index contributed by atoms with van der Waals surface area (Å²) in [6.45, 7) is 0.606. The molecule has 3 amide bonds. The highest BCUT2D eigenvalue weighted by Gasteiger charge is 2.44. The van der Waals surface area contributed by atoms with Crippen molar-refractivity contribution in [2.24, 2.45) is 11.1 Å². The summed E-state index contributed by atoms with van der Waals surface area (Å²) < 4.78 is 0. The van der Waals surface area contributed by atoms with Crippen LogP contribution in [0.15, 0.2) is 0 Å². The zero-order chi connectivity index (χ0) is 14.3. The third-order valence-electron chi connectivity index (χ3n) is 3.49. The van der Waals surface area contributed by atoms with E-state index in [9.17, 15) is 14.4 Å². The topological polar surface area (TPSA) is 122 Å². The Hall–Kier alpha value is -1.79. The largest absolute Gasteiger partial charge is 0.481 e. The van der Waals surface area contributed by atoms with Gasteiger partial charge < -0.3 is 21.5 Å². The quantitative estimate of drug-likeness (QED) is 0.471. The first-order valence-electron chi connectivity index (χ1n) is 6.50. The monoisotopic (exact) mass is 271 g/mol. The van der Waals surface area contributed by atoms with Crippen LogP contribution in [0, 0.1) is 5.41 Å². The van der Waals surface area contributed by atoms with Crippen molar-refractivity contribution in [2.45, 2.75) is 38.5 Å². The SMILES string of the molecule is NC(=O)CCCCNC(=O)NCC1(C(=O)O)CCC1. The van der Waals surface area contributed by atoms with Crippen LogP contribution in [0.25, 0.3) is 0 Å². The number of aliphatic carboxylic acids is 1. The highest BCUT2D eigenvalue weighted by atomic mass is 16.4. The summed E-state index contributed by atoms with van der Waals surface area (Å²) in [6.07, 6.45) is 3.73. The van der Waals surface area contributed by atoms with Crippen LogP contribution in [-0.2, 0) is 9.59 Å². The van der Waals surface area contributed by atoms with Crippen molar-refractivity contribution >= 4 is 17.9 Å². The van der Waals surface area contributed by atoms with Gasteiger partial charge in [-0.2, -0.15) is 0 Å². The van der Waals surface area contributed by atoms with Crippen LogP contribution in [-0.4, -0.2) is 36.1 Å². The third kappa shape index (κ3) is 4.76. The number of nitrogens with one attached hydrogen (secondary N) is 2. The van der Waals surface area contributed by atoms with Gasteiger partial charge in [0.05, 0.1) is 5.41 Å². The molecule has 7 nitrogen and oxygen atoms in total. The summed E-state index contributed by atoms with van der Waals surface area (Å²) in [7, 11) is 0. The van der Waals surface area contributed by atoms with Gasteiger partial charge in [0, 0.05) is 19.5 Å². The van der Waals surface area contributed by atoms with Gasteiger partial charge in [0.2, 0.25) is 5.91 Å². The number of urea groups is 1. The molecule has 0 saturated heterocycles. The van der Waals surface area contributed by atoms with E-state index in [1.165, 1.54) is 0 Å². The molecule has 0 aromatic heterocycles. The lowest BCUT2D eigenvalue weighted by atomic mass is 9.69. The van der Waals surface area contributed by atoms with Crippen molar-refractivity contribution in [1.29, 1.82) is 0 Å². The Morgan fingerprint density at radius 2 is 1.84 bits per heavy atom. The Balaban J connectivity index is 2.11. The fourth-order valence-corrected chi connectivity index (χ4v) is 2.01. The lowest BCUT2D eigenvalue weighted by Crippen LogP contribution is -2.49. The molecule has 1 saturated carbocycles. The zero-order valence-corrected chi connectivity index (χ0v) is 10.9. The molecule has 0 unspecified atom stereocenters. The van der Waals surface area contributed by atoms with E-state index < -0.39 is 11.4 Å². The van der Waals surface area contributed by atoms with Crippen molar-refractivity contribution in [3.8, 4) is 0 Å². The fourth-order valence-electron chi connectivity index (χ4n) is 2.01. The van der Waals surface area contributed by atoms with E-state index in [1.54, 1.807) is 0 Å². The normalized spacial score (nSPS) is 16.2. The molecule has 1 fully saturated rings. The van der Waals surface area contributed by atoms with E-state index in [0.29, 0.717) is 38.6 Å². The molecule has 1 aliphatic rings. The van der Waals surface area contributed by atoms with Gasteiger partial charge in [-0.25, -0.2) is 4.79 Å². The summed E-state index contributed by atoms with van der Waals surface area (Å²) in [5.41, 5.74) is 4.21. The van der Waals surface area contributed by atoms with Crippen molar-refractivity contribution in [3.63, 3.8) is 0 Å². The van der Waals surface area contributed by atoms with Gasteiger partial charge >= 0.3 is 12.0 Å². The number of carboxylic acid groups (broad SMARTS) is 1. The second kappa shape index (κ2) is 6.96. The molecule has 0 spiro atoms. The number of hydrogen-bond acceptors (Lipinski definition) is 3. The van der Waals surface area contributed by atoms with Gasteiger partial charge in [0.25, 0.3) is 0 Å². The Bertz CT molecular complexity index is 353. The first-order chi connectivity index (χ1) is 8.96. The first kappa shape index (κ1) is 15.3. The lowest BCUT2D eigenvalue weighted by Gasteiger charge is -2.37. The fraction of sp³-hybridized carbons (Fsp3) is 0.750. The minimum absolute atomic E-state index is 0.162. The van der Waals surface area contributed by atoms with E-state index in [2.05, 4.69) is 10.6 Å². The molecule has 1 rings (SSSR count). The molecule has 1 aliphatic carbocycles. The standard InChI is InChI=1S/C12H21N3O4/c13-9(16)4-1-2-7-14-11(19)15-8-12(10(17)18)5-3-6-12/h1-8H2,(H2,13,16)(H,17,18)(H2,14,15,19). The number of hydrogen-bond donors (Lipinski definition) is 4. The molecule has 0 aromatic rings. The number of rotatable bonds is 8. The van der Waals surface area contributed by atoms with E-state index in [0.717, 1.165) is 6.42 Å². The molecule has 0 atom stereocenters. The van der Waals surface area contributed by atoms with Gasteiger partial charge in [-0.3, -0.25) is 9.59 Å². The Morgan fingerprint density at radius 3 is 2.32 bits per heavy atom. The van der Waals surface area contributed by atoms with Crippen molar-refractivity contribution < 1.29 is 19.5 Å². The summed E-state index contributed by atoms with van der Waals surface area (Å²) in [5, 5.41) is 14.3. The first-order valence-corrected chi connectivity index (χ1v) is 6.50. The number of nitrogens with two attached hydrogens (primary N) is 1. The van der Waals surface area contributed by atoms with E-state index in [-0.39, 0.29) is 18.5 Å². The summed E-state index contributed by atoms with van der Waals surface area (Å²) in [6, 6.07) is -0.369. The van der Waals surface area contributed by atoms with Gasteiger partial charge in [-0.15, -0.1) is 0 Å². The molecule has 0 heterocycles. The average molecular weight is 271 g/mol. The molecule has 0 aliphatic heterocycles. The maximum Gasteiger partial charge on any atom is 0.314 e. The van der Waals surface area contributed by atoms with E-state index >= 15 is 0 Å². The van der Waals surface area contributed by atoms with Gasteiger partial charge in [0.15, 0.2) is 0 Å². The second-order valence-corrected chi connectivity index (χ2v) is 4.97. The molecular formula is C12H21N3O4. The highest BCUT2D eigenvalue weighted by Crippen LogP contribution is 2.40. The smallest absolute Gasteiger partial charge is 0.314 e. The van der Waals surface area contributed by atoms with Crippen molar-refractivity contribution in [1.82, 2.24) is 10.6 Å². The number of amides is 3. The van der Waals surface area contributed by atoms with E-state index in [4.69, 9.17) is 10.8 Å². The maximum atomic E-state index is 11.4. The molecule has 5 N–H and O–H groups in total. The molecular weight excluding hydrogens is 250 g/mol. The second-order valence-electron chi connectivity index (χ2n) is 4.97. The minimum atomic E-state index is -0.847. The highest BCUT2D eigenvalue weighted by molar-refractivity contribution is 5.78. The Labute approximate surface area is 111 Å². The Kier molecular flexibility index (Phi) is 5.59. The molecule has 7 heteroatoms. The number of carboxylic acids is 1. The van der Waals surface area contributed by atoms with Crippen LogP contribution >= 0.6 is 0 Å². The third-order valence-corrected chi connectivity index (χ3v) is 3.49. The average Bonchev–Trinajstić information content (AvgIpc) is 2.26. The molecule has 108 valence electrons. The summed E-state index contributed by atoms with van der Waals surface area (Å²) in [5.74, 6) is -1.20. The van der Waals surface area contributed by atoms with Gasteiger partial charge in [-0.05, 0) is 25.7 Å². The zero-order valence-electron chi connectivity index (χ0n) is 10.9. The van der Waals surface area contributed by atoms with Crippen LogP contribution in [0.2, 0.25) is 0 Å². The van der Waals surface area contributed by atoms with Crippen LogP contribution in [0.1, 0.15) is 38.5 Å². The van der Waals surface area contributed by atoms with E-state index in [1.807, 2.05) is 0 Å². The predicted octanol–water partition coefficient (Wildman–Crippen LogP) is 0.196. The maximum absolute atomic E-state index is 11.4. The van der Waals surface area contributed by atoms with Crippen molar-refractivity contribution in [3.05, 3.63) is 0 Å². The van der Waals surface area contributed by atoms with Crippen molar-refractivity contribution in [2.75, 3.05) is 13.1 Å². The van der Waals surface area contributed by atoms with Crippen LogP contribution < -0.4 is 16.4 Å². The molecule has 19 heavy (non-hydrogen) atoms. The predicted molar refractivity (Wildman–Crippen MR) is 68.4 cm³/mol. The molecule has 0 bridgehead atoms. The number of primary amides is 1. The number of unbranched alkanes of at least 4 members (excludes halogenated alkanes) is 1.